The molecule has 0 bridgehead atoms. The molecule has 0 aliphatic rings. The molecule has 78 valence electrons. The standard InChI is InChI=1S/C11H11NO2S/c1-11(10(13)14,7-12-8-15)9-5-3-2-4-6-9/h2-6H,7H2,1H3,(H,13,14). The second kappa shape index (κ2) is 4.82. The third kappa shape index (κ3) is 2.49. The van der Waals surface area contributed by atoms with Crippen LogP contribution in [0.5, 0.6) is 0 Å². The lowest BCUT2D eigenvalue weighted by Crippen LogP contribution is -2.35. The first kappa shape index (κ1) is 11.6. The summed E-state index contributed by atoms with van der Waals surface area (Å²) in [5, 5.41) is 11.4. The molecule has 0 saturated heterocycles. The highest BCUT2D eigenvalue weighted by atomic mass is 32.1. The molecule has 1 aromatic carbocycles. The van der Waals surface area contributed by atoms with Crippen LogP contribution in [-0.2, 0) is 10.2 Å². The molecule has 0 spiro atoms. The Kier molecular flexibility index (Phi) is 3.72. The van der Waals surface area contributed by atoms with Crippen molar-refractivity contribution in [2.75, 3.05) is 6.54 Å². The first-order valence-electron chi connectivity index (χ1n) is 4.44. The molecular formula is C11H11NO2S. The van der Waals surface area contributed by atoms with Crippen molar-refractivity contribution in [3.05, 3.63) is 35.9 Å². The van der Waals surface area contributed by atoms with Gasteiger partial charge in [0.2, 0.25) is 0 Å². The first-order valence-corrected chi connectivity index (χ1v) is 4.84. The van der Waals surface area contributed by atoms with Gasteiger partial charge in [0.25, 0.3) is 0 Å². The fourth-order valence-electron chi connectivity index (χ4n) is 1.28. The zero-order valence-electron chi connectivity index (χ0n) is 8.30. The maximum absolute atomic E-state index is 11.2. The number of aliphatic carboxylic acids is 1. The van der Waals surface area contributed by atoms with E-state index in [1.165, 1.54) is 0 Å². The number of carboxylic acids is 1. The highest BCUT2D eigenvalue weighted by Crippen LogP contribution is 2.24. The number of thiocarbonyl (C=S) groups is 1. The van der Waals surface area contributed by atoms with Crippen molar-refractivity contribution in [2.45, 2.75) is 12.3 Å². The van der Waals surface area contributed by atoms with Gasteiger partial charge in [0.05, 0.1) is 11.7 Å². The quantitative estimate of drug-likeness (QED) is 0.626. The highest BCUT2D eigenvalue weighted by Gasteiger charge is 2.34. The summed E-state index contributed by atoms with van der Waals surface area (Å²) in [7, 11) is 0. The van der Waals surface area contributed by atoms with E-state index in [-0.39, 0.29) is 6.54 Å². The summed E-state index contributed by atoms with van der Waals surface area (Å²) in [6.45, 7) is 1.73. The molecule has 1 unspecified atom stereocenters. The Morgan fingerprint density at radius 3 is 2.60 bits per heavy atom. The molecule has 1 aromatic rings. The molecule has 0 radical (unpaired) electrons. The number of carbonyl (C=O) groups is 1. The second-order valence-corrected chi connectivity index (χ2v) is 3.59. The first-order chi connectivity index (χ1) is 7.11. The summed E-state index contributed by atoms with van der Waals surface area (Å²) in [6.07, 6.45) is 0. The smallest absolute Gasteiger partial charge is 0.315 e. The molecule has 1 atom stereocenters. The average molecular weight is 221 g/mol. The van der Waals surface area contributed by atoms with Crippen molar-refractivity contribution in [3.8, 4) is 0 Å². The fraction of sp³-hybridized carbons (Fsp3) is 0.273. The van der Waals surface area contributed by atoms with Crippen LogP contribution in [0.3, 0.4) is 0 Å². The highest BCUT2D eigenvalue weighted by molar-refractivity contribution is 7.78. The monoisotopic (exact) mass is 221 g/mol. The minimum atomic E-state index is -1.03. The van der Waals surface area contributed by atoms with Crippen LogP contribution in [0.15, 0.2) is 35.3 Å². The zero-order chi connectivity index (χ0) is 11.3. The van der Waals surface area contributed by atoms with Gasteiger partial charge in [-0.1, -0.05) is 30.3 Å². The van der Waals surface area contributed by atoms with Crippen LogP contribution >= 0.6 is 12.2 Å². The molecule has 4 heteroatoms. The van der Waals surface area contributed by atoms with Crippen LogP contribution in [0.25, 0.3) is 0 Å². The topological polar surface area (TPSA) is 49.7 Å². The van der Waals surface area contributed by atoms with Crippen molar-refractivity contribution in [1.29, 1.82) is 0 Å². The molecule has 0 heterocycles. The molecule has 0 amide bonds. The number of hydrogen-bond donors (Lipinski definition) is 1. The van der Waals surface area contributed by atoms with Crippen molar-refractivity contribution in [2.24, 2.45) is 4.99 Å². The SMILES string of the molecule is CC(CN=C=S)(C(=O)O)c1ccccc1. The molecule has 0 aromatic heterocycles. The van der Waals surface area contributed by atoms with Crippen LogP contribution in [0, 0.1) is 0 Å². The fourth-order valence-corrected chi connectivity index (χ4v) is 1.34. The van der Waals surface area contributed by atoms with Crippen LogP contribution in [0.2, 0.25) is 0 Å². The predicted molar refractivity (Wildman–Crippen MR) is 61.3 cm³/mol. The second-order valence-electron chi connectivity index (χ2n) is 3.41. The van der Waals surface area contributed by atoms with E-state index in [2.05, 4.69) is 22.4 Å². The summed E-state index contributed by atoms with van der Waals surface area (Å²) >= 11 is 4.45. The average Bonchev–Trinajstić information content (AvgIpc) is 2.27. The molecular weight excluding hydrogens is 210 g/mol. The molecule has 3 nitrogen and oxygen atoms in total. The van der Waals surface area contributed by atoms with Gasteiger partial charge >= 0.3 is 5.97 Å². The molecule has 0 fully saturated rings. The Morgan fingerprint density at radius 1 is 1.53 bits per heavy atom. The minimum absolute atomic E-state index is 0.107. The largest absolute Gasteiger partial charge is 0.481 e. The van der Waals surface area contributed by atoms with Crippen LogP contribution in [-0.4, -0.2) is 22.8 Å². The van der Waals surface area contributed by atoms with Gasteiger partial charge in [-0.2, -0.15) is 0 Å². The zero-order valence-corrected chi connectivity index (χ0v) is 9.12. The van der Waals surface area contributed by atoms with Gasteiger partial charge in [0, 0.05) is 0 Å². The number of benzene rings is 1. The third-order valence-corrected chi connectivity index (χ3v) is 2.47. The Balaban J connectivity index is 3.12. The molecule has 15 heavy (non-hydrogen) atoms. The Labute approximate surface area is 93.5 Å². The molecule has 0 aliphatic heterocycles. The van der Waals surface area contributed by atoms with Gasteiger partial charge in [-0.25, -0.2) is 4.99 Å². The van der Waals surface area contributed by atoms with Gasteiger partial charge in [0.1, 0.15) is 5.41 Å². The molecule has 1 N–H and O–H groups in total. The van der Waals surface area contributed by atoms with Gasteiger partial charge in [0.15, 0.2) is 0 Å². The van der Waals surface area contributed by atoms with E-state index in [4.69, 9.17) is 0 Å². The van der Waals surface area contributed by atoms with Crippen molar-refractivity contribution in [3.63, 3.8) is 0 Å². The number of aliphatic imine (C=N–C) groups is 1. The lowest BCUT2D eigenvalue weighted by molar-refractivity contribution is -0.142. The summed E-state index contributed by atoms with van der Waals surface area (Å²) in [5.74, 6) is -0.914. The Morgan fingerprint density at radius 2 is 2.13 bits per heavy atom. The van der Waals surface area contributed by atoms with Crippen LogP contribution in [0.1, 0.15) is 12.5 Å². The Hall–Kier alpha value is -1.51. The maximum atomic E-state index is 11.2. The number of isothiocyanates is 1. The summed E-state index contributed by atoms with van der Waals surface area (Å²) in [6, 6.07) is 8.99. The van der Waals surface area contributed by atoms with Gasteiger partial charge in [-0.05, 0) is 24.7 Å². The summed E-state index contributed by atoms with van der Waals surface area (Å²) in [4.78, 5) is 14.9. The molecule has 0 aliphatic carbocycles. The number of carboxylic acid groups (broad SMARTS) is 1. The van der Waals surface area contributed by atoms with Gasteiger partial charge in [-0.3, -0.25) is 4.79 Å². The summed E-state index contributed by atoms with van der Waals surface area (Å²) < 4.78 is 0. The molecule has 1 rings (SSSR count). The number of hydrogen-bond acceptors (Lipinski definition) is 3. The van der Waals surface area contributed by atoms with Crippen molar-refractivity contribution < 1.29 is 9.90 Å². The van der Waals surface area contributed by atoms with Crippen molar-refractivity contribution in [1.82, 2.24) is 0 Å². The van der Waals surface area contributed by atoms with Crippen LogP contribution < -0.4 is 0 Å². The minimum Gasteiger partial charge on any atom is -0.481 e. The predicted octanol–water partition coefficient (Wildman–Crippen LogP) is 2.13. The molecule has 0 saturated carbocycles. The maximum Gasteiger partial charge on any atom is 0.315 e. The third-order valence-electron chi connectivity index (χ3n) is 2.34. The van der Waals surface area contributed by atoms with E-state index in [1.807, 2.05) is 6.07 Å². The number of nitrogens with zero attached hydrogens (tertiary/aromatic N) is 1. The van der Waals surface area contributed by atoms with Crippen molar-refractivity contribution >= 4 is 23.3 Å². The summed E-state index contributed by atoms with van der Waals surface area (Å²) in [5.41, 5.74) is -0.320. The van der Waals surface area contributed by atoms with E-state index < -0.39 is 11.4 Å². The Bertz CT molecular complexity index is 398. The van der Waals surface area contributed by atoms with E-state index >= 15 is 0 Å². The van der Waals surface area contributed by atoms with Gasteiger partial charge in [-0.15, -0.1) is 0 Å². The van der Waals surface area contributed by atoms with E-state index in [1.54, 1.807) is 31.2 Å². The normalized spacial score (nSPS) is 13.7. The lowest BCUT2D eigenvalue weighted by atomic mass is 9.83. The lowest BCUT2D eigenvalue weighted by Gasteiger charge is -2.22. The van der Waals surface area contributed by atoms with Gasteiger partial charge < -0.3 is 5.11 Å². The van der Waals surface area contributed by atoms with E-state index in [9.17, 15) is 9.90 Å². The van der Waals surface area contributed by atoms with Crippen LogP contribution in [0.4, 0.5) is 0 Å². The van der Waals surface area contributed by atoms with E-state index in [0.29, 0.717) is 5.56 Å². The van der Waals surface area contributed by atoms with E-state index in [0.717, 1.165) is 0 Å². The number of rotatable bonds is 4.